The molecular formula is C15H18O3. The van der Waals surface area contributed by atoms with Crippen LogP contribution >= 0.6 is 0 Å². The fourth-order valence-electron chi connectivity index (χ4n) is 2.51. The molecule has 1 saturated carbocycles. The maximum absolute atomic E-state index is 11.9. The van der Waals surface area contributed by atoms with Gasteiger partial charge < -0.3 is 4.74 Å². The third-order valence-electron chi connectivity index (χ3n) is 3.64. The van der Waals surface area contributed by atoms with Crippen molar-refractivity contribution >= 4 is 11.8 Å². The van der Waals surface area contributed by atoms with Gasteiger partial charge in [0.15, 0.2) is 0 Å². The quantitative estimate of drug-likeness (QED) is 0.753. The number of esters is 1. The highest BCUT2D eigenvalue weighted by Gasteiger charge is 2.27. The first-order valence-electron chi connectivity index (χ1n) is 6.32. The number of ketones is 1. The molecule has 0 radical (unpaired) electrons. The van der Waals surface area contributed by atoms with Gasteiger partial charge in [0.05, 0.1) is 12.7 Å². The van der Waals surface area contributed by atoms with Crippen molar-refractivity contribution in [3.63, 3.8) is 0 Å². The second-order valence-corrected chi connectivity index (χ2v) is 5.01. The zero-order chi connectivity index (χ0) is 13.1. The van der Waals surface area contributed by atoms with Crippen molar-refractivity contribution in [2.24, 2.45) is 5.92 Å². The molecule has 1 aliphatic carbocycles. The fraction of sp³-hybridized carbons (Fsp3) is 0.467. The van der Waals surface area contributed by atoms with E-state index in [1.165, 1.54) is 7.11 Å². The number of methoxy groups -OCH3 is 1. The van der Waals surface area contributed by atoms with E-state index in [9.17, 15) is 9.59 Å². The molecule has 2 atom stereocenters. The Morgan fingerprint density at radius 1 is 1.28 bits per heavy atom. The number of benzene rings is 1. The van der Waals surface area contributed by atoms with E-state index in [0.717, 1.165) is 18.4 Å². The van der Waals surface area contributed by atoms with Gasteiger partial charge in [-0.25, -0.2) is 4.79 Å². The van der Waals surface area contributed by atoms with Gasteiger partial charge in [-0.2, -0.15) is 0 Å². The lowest BCUT2D eigenvalue weighted by Crippen LogP contribution is -2.21. The van der Waals surface area contributed by atoms with E-state index in [-0.39, 0.29) is 11.9 Å². The van der Waals surface area contributed by atoms with Crippen LogP contribution in [0, 0.1) is 5.92 Å². The third-order valence-corrected chi connectivity index (χ3v) is 3.64. The first kappa shape index (κ1) is 12.8. The molecule has 0 saturated heterocycles. The molecule has 1 fully saturated rings. The zero-order valence-corrected chi connectivity index (χ0v) is 10.8. The van der Waals surface area contributed by atoms with E-state index in [1.54, 1.807) is 12.1 Å². The maximum atomic E-state index is 11.9. The summed E-state index contributed by atoms with van der Waals surface area (Å²) in [4.78, 5) is 23.3. The molecular weight excluding hydrogens is 228 g/mol. The molecule has 18 heavy (non-hydrogen) atoms. The van der Waals surface area contributed by atoms with Crippen molar-refractivity contribution in [2.75, 3.05) is 7.11 Å². The van der Waals surface area contributed by atoms with E-state index in [0.29, 0.717) is 23.7 Å². The molecule has 3 nitrogen and oxygen atoms in total. The Morgan fingerprint density at radius 2 is 1.94 bits per heavy atom. The van der Waals surface area contributed by atoms with Gasteiger partial charge >= 0.3 is 5.97 Å². The van der Waals surface area contributed by atoms with Gasteiger partial charge in [0.25, 0.3) is 0 Å². The summed E-state index contributed by atoms with van der Waals surface area (Å²) in [6.07, 6.45) is 2.58. The van der Waals surface area contributed by atoms with Crippen molar-refractivity contribution < 1.29 is 14.3 Å². The van der Waals surface area contributed by atoms with Crippen LogP contribution in [0.4, 0.5) is 0 Å². The smallest absolute Gasteiger partial charge is 0.337 e. The first-order valence-corrected chi connectivity index (χ1v) is 6.32. The van der Waals surface area contributed by atoms with Crippen LogP contribution in [0.5, 0.6) is 0 Å². The Balaban J connectivity index is 2.18. The van der Waals surface area contributed by atoms with Crippen LogP contribution in [-0.2, 0) is 9.53 Å². The Bertz CT molecular complexity index is 447. The van der Waals surface area contributed by atoms with Crippen LogP contribution < -0.4 is 0 Å². The monoisotopic (exact) mass is 246 g/mol. The first-order chi connectivity index (χ1) is 8.61. The number of carbonyl (C=O) groups is 2. The molecule has 1 aliphatic rings. The van der Waals surface area contributed by atoms with Crippen molar-refractivity contribution in [3.8, 4) is 0 Å². The van der Waals surface area contributed by atoms with E-state index in [4.69, 9.17) is 0 Å². The minimum atomic E-state index is -0.343. The van der Waals surface area contributed by atoms with E-state index in [1.807, 2.05) is 12.1 Å². The van der Waals surface area contributed by atoms with Crippen molar-refractivity contribution in [1.82, 2.24) is 0 Å². The summed E-state index contributed by atoms with van der Waals surface area (Å²) in [7, 11) is 1.36. The maximum Gasteiger partial charge on any atom is 0.337 e. The summed E-state index contributed by atoms with van der Waals surface area (Å²) in [5.74, 6) is 0.567. The molecule has 96 valence electrons. The number of carbonyl (C=O) groups excluding carboxylic acids is 2. The number of rotatable bonds is 2. The SMILES string of the molecule is COC(=O)c1ccc([C@@H]2C[C@H](C)CCC2=O)cc1. The van der Waals surface area contributed by atoms with Gasteiger partial charge in [0.1, 0.15) is 5.78 Å². The van der Waals surface area contributed by atoms with Gasteiger partial charge in [-0.15, -0.1) is 0 Å². The largest absolute Gasteiger partial charge is 0.465 e. The summed E-state index contributed by atoms with van der Waals surface area (Å²) in [5.41, 5.74) is 1.54. The number of ether oxygens (including phenoxy) is 1. The number of hydrogen-bond donors (Lipinski definition) is 0. The summed E-state index contributed by atoms with van der Waals surface area (Å²) in [6.45, 7) is 2.18. The number of Topliss-reactive ketones (excluding diaryl/α,β-unsaturated/α-hetero) is 1. The molecule has 3 heteroatoms. The molecule has 0 bridgehead atoms. The summed E-state index contributed by atoms with van der Waals surface area (Å²) in [6, 6.07) is 7.20. The Kier molecular flexibility index (Phi) is 3.80. The molecule has 0 aromatic heterocycles. The molecule has 0 spiro atoms. The molecule has 0 heterocycles. The molecule has 2 rings (SSSR count). The molecule has 1 aromatic rings. The number of hydrogen-bond acceptors (Lipinski definition) is 3. The van der Waals surface area contributed by atoms with Gasteiger partial charge in [0, 0.05) is 12.3 Å². The van der Waals surface area contributed by atoms with Crippen LogP contribution in [0.2, 0.25) is 0 Å². The standard InChI is InChI=1S/C15H18O3/c1-10-3-8-14(16)13(9-10)11-4-6-12(7-5-11)15(17)18-2/h4-7,10,13H,3,8-9H2,1-2H3/t10-,13+/m1/s1. The van der Waals surface area contributed by atoms with Gasteiger partial charge in [-0.1, -0.05) is 19.1 Å². The zero-order valence-electron chi connectivity index (χ0n) is 10.8. The minimum absolute atomic E-state index is 0.000414. The normalized spacial score (nSPS) is 23.8. The molecule has 0 aliphatic heterocycles. The predicted octanol–water partition coefficient (Wildman–Crippen LogP) is 2.95. The van der Waals surface area contributed by atoms with Crippen molar-refractivity contribution in [1.29, 1.82) is 0 Å². The average Bonchev–Trinajstić information content (AvgIpc) is 2.41. The van der Waals surface area contributed by atoms with Gasteiger partial charge in [-0.3, -0.25) is 4.79 Å². The van der Waals surface area contributed by atoms with Crippen LogP contribution in [0.25, 0.3) is 0 Å². The Labute approximate surface area is 107 Å². The minimum Gasteiger partial charge on any atom is -0.465 e. The Morgan fingerprint density at radius 3 is 2.56 bits per heavy atom. The average molecular weight is 246 g/mol. The Hall–Kier alpha value is -1.64. The van der Waals surface area contributed by atoms with Crippen molar-refractivity contribution in [3.05, 3.63) is 35.4 Å². The van der Waals surface area contributed by atoms with Gasteiger partial charge in [-0.05, 0) is 36.5 Å². The summed E-state index contributed by atoms with van der Waals surface area (Å²) < 4.78 is 4.65. The molecule has 0 N–H and O–H groups in total. The van der Waals surface area contributed by atoms with Crippen LogP contribution in [0.3, 0.4) is 0 Å². The lowest BCUT2D eigenvalue weighted by molar-refractivity contribution is -0.122. The highest BCUT2D eigenvalue weighted by Crippen LogP contribution is 2.33. The van der Waals surface area contributed by atoms with E-state index >= 15 is 0 Å². The van der Waals surface area contributed by atoms with E-state index in [2.05, 4.69) is 11.7 Å². The summed E-state index contributed by atoms with van der Waals surface area (Å²) in [5, 5.41) is 0. The highest BCUT2D eigenvalue weighted by molar-refractivity contribution is 5.90. The second-order valence-electron chi connectivity index (χ2n) is 5.01. The molecule has 1 aromatic carbocycles. The molecule has 0 unspecified atom stereocenters. The van der Waals surface area contributed by atoms with E-state index < -0.39 is 0 Å². The highest BCUT2D eigenvalue weighted by atomic mass is 16.5. The lowest BCUT2D eigenvalue weighted by Gasteiger charge is -2.25. The lowest BCUT2D eigenvalue weighted by atomic mass is 9.78. The summed E-state index contributed by atoms with van der Waals surface area (Å²) >= 11 is 0. The second kappa shape index (κ2) is 5.34. The molecule has 0 amide bonds. The third kappa shape index (κ3) is 2.61. The fourth-order valence-corrected chi connectivity index (χ4v) is 2.51. The van der Waals surface area contributed by atoms with Crippen molar-refractivity contribution in [2.45, 2.75) is 32.1 Å². The van der Waals surface area contributed by atoms with Crippen LogP contribution in [-0.4, -0.2) is 18.9 Å². The topological polar surface area (TPSA) is 43.4 Å². The van der Waals surface area contributed by atoms with Gasteiger partial charge in [0.2, 0.25) is 0 Å². The predicted molar refractivity (Wildman–Crippen MR) is 68.5 cm³/mol. The van der Waals surface area contributed by atoms with Crippen LogP contribution in [0.15, 0.2) is 24.3 Å². The van der Waals surface area contributed by atoms with Crippen LogP contribution in [0.1, 0.15) is 48.0 Å².